The van der Waals surface area contributed by atoms with Gasteiger partial charge in [-0.15, -0.1) is 0 Å². The number of rotatable bonds is 4. The second-order valence-electron chi connectivity index (χ2n) is 2.99. The van der Waals surface area contributed by atoms with E-state index in [0.717, 1.165) is 25.1 Å². The van der Waals surface area contributed by atoms with Crippen LogP contribution in [-0.2, 0) is 13.0 Å². The molecule has 1 heterocycles. The SMILES string of the molecule is CCn1c(CCCN)cccc1=O. The van der Waals surface area contributed by atoms with Gasteiger partial charge in [-0.25, -0.2) is 0 Å². The van der Waals surface area contributed by atoms with Gasteiger partial charge < -0.3 is 10.3 Å². The van der Waals surface area contributed by atoms with Crippen molar-refractivity contribution < 1.29 is 0 Å². The molecule has 2 N–H and O–H groups in total. The molecule has 1 aromatic rings. The van der Waals surface area contributed by atoms with Crippen molar-refractivity contribution in [2.45, 2.75) is 26.3 Å². The minimum absolute atomic E-state index is 0.0806. The van der Waals surface area contributed by atoms with E-state index in [4.69, 9.17) is 5.73 Å². The van der Waals surface area contributed by atoms with Gasteiger partial charge in [-0.2, -0.15) is 0 Å². The lowest BCUT2D eigenvalue weighted by Gasteiger charge is -2.08. The van der Waals surface area contributed by atoms with Gasteiger partial charge in [-0.3, -0.25) is 4.79 Å². The molecule has 0 aliphatic heterocycles. The molecule has 0 atom stereocenters. The molecule has 0 saturated carbocycles. The van der Waals surface area contributed by atoms with Gasteiger partial charge in [0.2, 0.25) is 0 Å². The van der Waals surface area contributed by atoms with Gasteiger partial charge in [-0.05, 0) is 32.4 Å². The topological polar surface area (TPSA) is 48.0 Å². The maximum Gasteiger partial charge on any atom is 0.250 e. The van der Waals surface area contributed by atoms with E-state index in [1.54, 1.807) is 16.7 Å². The first kappa shape index (κ1) is 9.99. The maximum absolute atomic E-state index is 11.4. The average Bonchev–Trinajstić information content (AvgIpc) is 2.15. The lowest BCUT2D eigenvalue weighted by Crippen LogP contribution is -2.21. The summed E-state index contributed by atoms with van der Waals surface area (Å²) < 4.78 is 1.79. The second kappa shape index (κ2) is 4.82. The van der Waals surface area contributed by atoms with Crippen LogP contribution in [0.25, 0.3) is 0 Å². The summed E-state index contributed by atoms with van der Waals surface area (Å²) in [6.45, 7) is 3.39. The van der Waals surface area contributed by atoms with E-state index >= 15 is 0 Å². The Balaban J connectivity index is 2.92. The molecule has 0 unspecified atom stereocenters. The molecular formula is C10H16N2O. The summed E-state index contributed by atoms with van der Waals surface area (Å²) in [4.78, 5) is 11.4. The molecule has 0 radical (unpaired) electrons. The highest BCUT2D eigenvalue weighted by Crippen LogP contribution is 1.99. The number of hydrogen-bond acceptors (Lipinski definition) is 2. The molecule has 0 fully saturated rings. The number of nitrogens with zero attached hydrogens (tertiary/aromatic N) is 1. The van der Waals surface area contributed by atoms with Crippen LogP contribution in [0.2, 0.25) is 0 Å². The number of aromatic nitrogens is 1. The highest BCUT2D eigenvalue weighted by atomic mass is 16.1. The van der Waals surface area contributed by atoms with Crippen LogP contribution in [0.4, 0.5) is 0 Å². The standard InChI is InChI=1S/C10H16N2O/c1-2-12-9(6-4-8-11)5-3-7-10(12)13/h3,5,7H,2,4,6,8,11H2,1H3. The highest BCUT2D eigenvalue weighted by Gasteiger charge is 1.99. The van der Waals surface area contributed by atoms with Crippen LogP contribution in [0.1, 0.15) is 19.0 Å². The minimum atomic E-state index is 0.0806. The Bertz CT molecular complexity index is 317. The van der Waals surface area contributed by atoms with E-state index in [0.29, 0.717) is 6.54 Å². The third-order valence-corrected chi connectivity index (χ3v) is 2.09. The van der Waals surface area contributed by atoms with Crippen molar-refractivity contribution in [1.29, 1.82) is 0 Å². The normalized spacial score (nSPS) is 10.3. The lowest BCUT2D eigenvalue weighted by molar-refractivity contribution is 0.656. The van der Waals surface area contributed by atoms with Gasteiger partial charge in [0.1, 0.15) is 0 Å². The molecule has 3 nitrogen and oxygen atoms in total. The molecular weight excluding hydrogens is 164 g/mol. The van der Waals surface area contributed by atoms with E-state index in [9.17, 15) is 4.79 Å². The van der Waals surface area contributed by atoms with Gasteiger partial charge >= 0.3 is 0 Å². The first-order valence-electron chi connectivity index (χ1n) is 4.68. The Morgan fingerprint density at radius 1 is 1.46 bits per heavy atom. The first-order valence-corrected chi connectivity index (χ1v) is 4.68. The van der Waals surface area contributed by atoms with E-state index in [1.807, 2.05) is 13.0 Å². The number of hydrogen-bond donors (Lipinski definition) is 1. The zero-order valence-corrected chi connectivity index (χ0v) is 7.99. The molecule has 0 aliphatic rings. The highest BCUT2D eigenvalue weighted by molar-refractivity contribution is 5.06. The van der Waals surface area contributed by atoms with Gasteiger partial charge in [0, 0.05) is 18.3 Å². The molecule has 0 aromatic carbocycles. The smallest absolute Gasteiger partial charge is 0.250 e. The van der Waals surface area contributed by atoms with Crippen molar-refractivity contribution in [1.82, 2.24) is 4.57 Å². The summed E-state index contributed by atoms with van der Waals surface area (Å²) in [5, 5.41) is 0. The van der Waals surface area contributed by atoms with Crippen molar-refractivity contribution in [2.75, 3.05) is 6.54 Å². The Hall–Kier alpha value is -1.09. The predicted octanol–water partition coefficient (Wildman–Crippen LogP) is 0.760. The zero-order valence-electron chi connectivity index (χ0n) is 7.99. The van der Waals surface area contributed by atoms with Gasteiger partial charge in [0.05, 0.1) is 0 Å². The summed E-state index contributed by atoms with van der Waals surface area (Å²) in [6, 6.07) is 5.39. The van der Waals surface area contributed by atoms with Crippen molar-refractivity contribution in [3.8, 4) is 0 Å². The second-order valence-corrected chi connectivity index (χ2v) is 2.99. The molecule has 0 saturated heterocycles. The van der Waals surface area contributed by atoms with Crippen LogP contribution in [-0.4, -0.2) is 11.1 Å². The van der Waals surface area contributed by atoms with Crippen molar-refractivity contribution in [3.63, 3.8) is 0 Å². The van der Waals surface area contributed by atoms with Crippen LogP contribution in [0.5, 0.6) is 0 Å². The van der Waals surface area contributed by atoms with Gasteiger partial charge in [-0.1, -0.05) is 6.07 Å². The molecule has 0 aliphatic carbocycles. The number of aryl methyl sites for hydroxylation is 1. The molecule has 3 heteroatoms. The third kappa shape index (κ3) is 2.42. The van der Waals surface area contributed by atoms with Crippen LogP contribution in [0.15, 0.2) is 23.0 Å². The van der Waals surface area contributed by atoms with Crippen LogP contribution < -0.4 is 11.3 Å². The largest absolute Gasteiger partial charge is 0.330 e. The van der Waals surface area contributed by atoms with Gasteiger partial charge in [0.25, 0.3) is 5.56 Å². The summed E-state index contributed by atoms with van der Waals surface area (Å²) in [5.41, 5.74) is 6.58. The van der Waals surface area contributed by atoms with Crippen LogP contribution >= 0.6 is 0 Å². The Morgan fingerprint density at radius 2 is 2.23 bits per heavy atom. The quantitative estimate of drug-likeness (QED) is 0.743. The van der Waals surface area contributed by atoms with Crippen molar-refractivity contribution in [2.24, 2.45) is 5.73 Å². The van der Waals surface area contributed by atoms with E-state index in [1.165, 1.54) is 0 Å². The maximum atomic E-state index is 11.4. The zero-order chi connectivity index (χ0) is 9.68. The Morgan fingerprint density at radius 3 is 2.85 bits per heavy atom. The predicted molar refractivity (Wildman–Crippen MR) is 53.8 cm³/mol. The number of pyridine rings is 1. The van der Waals surface area contributed by atoms with E-state index in [2.05, 4.69) is 0 Å². The first-order chi connectivity index (χ1) is 6.29. The molecule has 0 amide bonds. The van der Waals surface area contributed by atoms with Gasteiger partial charge in [0.15, 0.2) is 0 Å². The summed E-state index contributed by atoms with van der Waals surface area (Å²) in [7, 11) is 0. The summed E-state index contributed by atoms with van der Waals surface area (Å²) >= 11 is 0. The Kier molecular flexibility index (Phi) is 3.71. The number of nitrogens with two attached hydrogens (primary N) is 1. The molecule has 72 valence electrons. The molecule has 0 bridgehead atoms. The lowest BCUT2D eigenvalue weighted by atomic mass is 10.2. The van der Waals surface area contributed by atoms with Crippen molar-refractivity contribution in [3.05, 3.63) is 34.2 Å². The monoisotopic (exact) mass is 180 g/mol. The Labute approximate surface area is 78.2 Å². The van der Waals surface area contributed by atoms with E-state index in [-0.39, 0.29) is 5.56 Å². The third-order valence-electron chi connectivity index (χ3n) is 2.09. The van der Waals surface area contributed by atoms with Crippen LogP contribution in [0.3, 0.4) is 0 Å². The molecule has 1 aromatic heterocycles. The fraction of sp³-hybridized carbons (Fsp3) is 0.500. The van der Waals surface area contributed by atoms with Crippen molar-refractivity contribution >= 4 is 0 Å². The fourth-order valence-electron chi connectivity index (χ4n) is 1.42. The average molecular weight is 180 g/mol. The molecule has 0 spiro atoms. The minimum Gasteiger partial charge on any atom is -0.330 e. The van der Waals surface area contributed by atoms with Crippen LogP contribution in [0, 0.1) is 0 Å². The summed E-state index contributed by atoms with van der Waals surface area (Å²) in [5.74, 6) is 0. The molecule has 1 rings (SSSR count). The fourth-order valence-corrected chi connectivity index (χ4v) is 1.42. The van der Waals surface area contributed by atoms with E-state index < -0.39 is 0 Å². The summed E-state index contributed by atoms with van der Waals surface area (Å²) in [6.07, 6.45) is 1.82. The molecule has 13 heavy (non-hydrogen) atoms.